The second-order valence-electron chi connectivity index (χ2n) is 1.71. The first-order valence-corrected chi connectivity index (χ1v) is 2.64. The van der Waals surface area contributed by atoms with Gasteiger partial charge in [-0.15, -0.1) is 5.10 Å². The van der Waals surface area contributed by atoms with E-state index in [4.69, 9.17) is 4.74 Å². The van der Waals surface area contributed by atoms with E-state index in [0.29, 0.717) is 5.90 Å². The van der Waals surface area contributed by atoms with Crippen LogP contribution in [0.3, 0.4) is 0 Å². The number of carbonyl (C=O) groups excluding carboxylic acids is 1. The quantitative estimate of drug-likeness (QED) is 0.357. The maximum atomic E-state index is 9.77. The minimum Gasteiger partial charge on any atom is -0.870 e. The molecule has 0 aromatic carbocycles. The Morgan fingerprint density at radius 3 is 2.82 bits per heavy atom. The van der Waals surface area contributed by atoms with E-state index in [1.807, 2.05) is 0 Å². The van der Waals surface area contributed by atoms with Crippen molar-refractivity contribution in [3.8, 4) is 0 Å². The predicted octanol–water partition coefficient (Wildman–Crippen LogP) is -3.41. The molecule has 0 amide bonds. The van der Waals surface area contributed by atoms with Crippen LogP contribution in [-0.4, -0.2) is 23.9 Å². The average Bonchev–Trinajstić information content (AvgIpc) is 2.17. The molecule has 0 bridgehead atoms. The Hall–Kier alpha value is 0.536. The molecule has 0 saturated heterocycles. The van der Waals surface area contributed by atoms with Gasteiger partial charge in [-0.25, -0.2) is 0 Å². The smallest absolute Gasteiger partial charge is 0.870 e. The molecular weight excluding hydrogens is 175 g/mol. The van der Waals surface area contributed by atoms with Crippen LogP contribution in [0.5, 0.6) is 0 Å². The summed E-state index contributed by atoms with van der Waals surface area (Å²) in [7, 11) is 0. The van der Waals surface area contributed by atoms with Crippen LogP contribution in [0, 0.1) is 0 Å². The molecule has 0 aliphatic carbocycles. The fraction of sp³-hybridized carbons (Fsp3) is 0.600. The van der Waals surface area contributed by atoms with Crippen LogP contribution in [0.1, 0.15) is 13.3 Å². The van der Waals surface area contributed by atoms with E-state index in [1.54, 1.807) is 13.2 Å². The molecule has 1 heterocycles. The van der Waals surface area contributed by atoms with E-state index in [-0.39, 0.29) is 69.5 Å². The monoisotopic (exact) mass is 183 g/mol. The summed E-state index contributed by atoms with van der Waals surface area (Å²) >= 11 is 0. The zero-order chi connectivity index (χ0) is 6.69. The number of hydrogen-bond acceptors (Lipinski definition) is 5. The third kappa shape index (κ3) is 4.89. The Morgan fingerprint density at radius 1 is 1.82 bits per heavy atom. The van der Waals surface area contributed by atoms with Crippen LogP contribution in [0.4, 0.5) is 0 Å². The predicted molar refractivity (Wildman–Crippen MR) is 33.4 cm³/mol. The summed E-state index contributed by atoms with van der Waals surface area (Å²) in [6.07, 6.45) is 1.65. The second-order valence-corrected chi connectivity index (χ2v) is 1.71. The van der Waals surface area contributed by atoms with Gasteiger partial charge in [0.1, 0.15) is 0 Å². The normalized spacial score (nSPS) is 19.7. The summed E-state index contributed by atoms with van der Waals surface area (Å²) in [6, 6.07) is 0. The molecule has 5 nitrogen and oxygen atoms in total. The summed E-state index contributed by atoms with van der Waals surface area (Å²) in [5.41, 5.74) is 2.61. The third-order valence-corrected chi connectivity index (χ3v) is 0.948. The number of hydrazone groups is 1. The number of nitrogens with zero attached hydrogens (tertiary/aromatic N) is 1. The molecule has 1 aliphatic rings. The Morgan fingerprint density at radius 2 is 2.45 bits per heavy atom. The fourth-order valence-electron chi connectivity index (χ4n) is 0.584. The Bertz CT molecular complexity index is 151. The van der Waals surface area contributed by atoms with Gasteiger partial charge in [-0.3, -0.25) is 11.7 Å². The largest absolute Gasteiger partial charge is 1.00 e. The Balaban J connectivity index is 0. The third-order valence-electron chi connectivity index (χ3n) is 0.948. The topological polar surface area (TPSA) is 80.7 Å². The van der Waals surface area contributed by atoms with Gasteiger partial charge in [-0.2, -0.15) is 0 Å². The van der Waals surface area contributed by atoms with Crippen molar-refractivity contribution in [3.63, 3.8) is 0 Å². The molecule has 0 saturated carbocycles. The van der Waals surface area contributed by atoms with Gasteiger partial charge in [0.05, 0.1) is 0 Å². The van der Waals surface area contributed by atoms with Gasteiger partial charge >= 0.3 is 51.4 Å². The van der Waals surface area contributed by atoms with Gasteiger partial charge < -0.3 is 15.0 Å². The van der Waals surface area contributed by atoms with Gasteiger partial charge in [0, 0.05) is 6.92 Å². The van der Waals surface area contributed by atoms with Gasteiger partial charge in [0.2, 0.25) is 5.90 Å². The van der Waals surface area contributed by atoms with Crippen molar-refractivity contribution < 1.29 is 66.4 Å². The zero-order valence-electron chi connectivity index (χ0n) is 6.50. The van der Waals surface area contributed by atoms with Crippen LogP contribution in [0.15, 0.2) is 5.10 Å². The van der Waals surface area contributed by atoms with Crippen molar-refractivity contribution in [2.24, 2.45) is 5.10 Å². The Labute approximate surface area is 107 Å². The summed E-state index contributed by atoms with van der Waals surface area (Å²) < 4.78 is 4.98. The maximum absolute atomic E-state index is 9.77. The molecule has 11 heavy (non-hydrogen) atoms. The first-order chi connectivity index (χ1) is 4.33. The summed E-state index contributed by atoms with van der Waals surface area (Å²) in [4.78, 5) is 9.77. The van der Waals surface area contributed by atoms with E-state index in [1.165, 1.54) is 0 Å². The van der Waals surface area contributed by atoms with Gasteiger partial charge in [0.15, 0.2) is 6.23 Å². The molecule has 2 N–H and O–H groups in total. The van der Waals surface area contributed by atoms with E-state index in [0.717, 1.165) is 0 Å². The summed E-state index contributed by atoms with van der Waals surface area (Å²) in [6.45, 7) is 1.72. The minimum atomic E-state index is -0.289. The molecule has 1 aliphatic heterocycles. The number of nitrogens with one attached hydrogen (secondary N) is 1. The van der Waals surface area contributed by atoms with Gasteiger partial charge in [-0.05, 0) is 0 Å². The molecule has 0 spiro atoms. The second kappa shape index (κ2) is 7.20. The molecule has 1 rings (SSSR count). The zero-order valence-corrected chi connectivity index (χ0v) is 9.62. The Kier molecular flexibility index (Phi) is 9.22. The van der Waals surface area contributed by atoms with Crippen molar-refractivity contribution in [3.05, 3.63) is 0 Å². The number of rotatable bonds is 2. The standard InChI is InChI=1S/C5H7N2O2.K.H2O/c1-4-6-7-5(9-4)2-3-8;;/h5,7H,2H2,1H3;;1H2/q-1;+1;/p-1. The first-order valence-electron chi connectivity index (χ1n) is 2.64. The van der Waals surface area contributed by atoms with Crippen LogP contribution in [0.25, 0.3) is 0 Å². The first kappa shape index (κ1) is 14.1. The molecule has 58 valence electrons. The molecule has 0 fully saturated rings. The van der Waals surface area contributed by atoms with Crippen LogP contribution in [-0.2, 0) is 9.53 Å². The van der Waals surface area contributed by atoms with Crippen molar-refractivity contribution in [2.75, 3.05) is 0 Å². The SMILES string of the molecule is CC1=NNC(C[C-]=O)O1.[K+].[OH-]. The fourth-order valence-corrected chi connectivity index (χ4v) is 0.584. The summed E-state index contributed by atoms with van der Waals surface area (Å²) in [5, 5.41) is 3.70. The van der Waals surface area contributed by atoms with E-state index < -0.39 is 0 Å². The molecule has 0 aromatic rings. The minimum absolute atomic E-state index is 0. The van der Waals surface area contributed by atoms with Crippen LogP contribution < -0.4 is 56.8 Å². The van der Waals surface area contributed by atoms with Crippen LogP contribution >= 0.6 is 0 Å². The molecule has 1 unspecified atom stereocenters. The van der Waals surface area contributed by atoms with E-state index in [9.17, 15) is 4.79 Å². The average molecular weight is 183 g/mol. The maximum Gasteiger partial charge on any atom is 1.00 e. The van der Waals surface area contributed by atoms with Gasteiger partial charge in [-0.1, -0.05) is 6.42 Å². The van der Waals surface area contributed by atoms with Crippen LogP contribution in [0.2, 0.25) is 0 Å². The van der Waals surface area contributed by atoms with E-state index in [2.05, 4.69) is 10.5 Å². The van der Waals surface area contributed by atoms with Crippen molar-refractivity contribution in [2.45, 2.75) is 19.6 Å². The summed E-state index contributed by atoms with van der Waals surface area (Å²) in [5.74, 6) is 0.565. The van der Waals surface area contributed by atoms with Crippen molar-refractivity contribution in [1.82, 2.24) is 5.43 Å². The van der Waals surface area contributed by atoms with Gasteiger partial charge in [0.25, 0.3) is 0 Å². The molecular formula is C5H8KN2O3-. The molecule has 6 heteroatoms. The molecule has 0 radical (unpaired) electrons. The number of hydrogen-bond donors (Lipinski definition) is 1. The van der Waals surface area contributed by atoms with Crippen molar-refractivity contribution in [1.29, 1.82) is 0 Å². The van der Waals surface area contributed by atoms with E-state index >= 15 is 0 Å². The molecule has 0 aromatic heterocycles. The van der Waals surface area contributed by atoms with Crippen molar-refractivity contribution >= 4 is 12.2 Å². The molecule has 1 atom stereocenters. The number of ether oxygens (including phenoxy) is 1.